The molecule has 2 rings (SSSR count). The number of halogens is 3. The minimum atomic E-state index is -4.32. The molecule has 2 nitrogen and oxygen atoms in total. The van der Waals surface area contributed by atoms with Crippen LogP contribution in [-0.2, 0) is 6.18 Å². The van der Waals surface area contributed by atoms with Gasteiger partial charge in [-0.15, -0.1) is 0 Å². The Balaban J connectivity index is 2.03. The maximum Gasteiger partial charge on any atom is 0.416 e. The second-order valence-corrected chi connectivity index (χ2v) is 6.09. The van der Waals surface area contributed by atoms with Crippen LogP contribution in [0.25, 0.3) is 0 Å². The minimum absolute atomic E-state index is 0.119. The fourth-order valence-corrected chi connectivity index (χ4v) is 3.40. The molecule has 2 N–H and O–H groups in total. The Morgan fingerprint density at radius 3 is 2.50 bits per heavy atom. The van der Waals surface area contributed by atoms with Gasteiger partial charge in [0.1, 0.15) is 0 Å². The molecule has 0 unspecified atom stereocenters. The molecule has 1 aliphatic rings. The largest absolute Gasteiger partial charge is 0.416 e. The predicted molar refractivity (Wildman–Crippen MR) is 74.8 cm³/mol. The van der Waals surface area contributed by atoms with E-state index in [1.807, 2.05) is 11.8 Å². The molecule has 0 bridgehead atoms. The maximum absolute atomic E-state index is 12.5. The van der Waals surface area contributed by atoms with E-state index in [1.54, 1.807) is 0 Å². The second-order valence-electron chi connectivity index (χ2n) is 4.94. The van der Waals surface area contributed by atoms with Crippen LogP contribution in [0.3, 0.4) is 0 Å². The van der Waals surface area contributed by atoms with E-state index in [2.05, 4.69) is 5.32 Å². The van der Waals surface area contributed by atoms with Gasteiger partial charge in [0, 0.05) is 11.8 Å². The van der Waals surface area contributed by atoms with Crippen molar-refractivity contribution >= 4 is 11.8 Å². The van der Waals surface area contributed by atoms with Crippen LogP contribution in [0, 0.1) is 0 Å². The first-order chi connectivity index (χ1) is 9.50. The van der Waals surface area contributed by atoms with Crippen LogP contribution < -0.4 is 5.32 Å². The Morgan fingerprint density at radius 1 is 1.30 bits per heavy atom. The van der Waals surface area contributed by atoms with Gasteiger partial charge in [-0.2, -0.15) is 24.9 Å². The number of aliphatic hydroxyl groups excluding tert-OH is 1. The highest BCUT2D eigenvalue weighted by molar-refractivity contribution is 7.99. The summed E-state index contributed by atoms with van der Waals surface area (Å²) in [4.78, 5) is 0. The van der Waals surface area contributed by atoms with Gasteiger partial charge in [0.15, 0.2) is 0 Å². The monoisotopic (exact) mass is 305 g/mol. The lowest BCUT2D eigenvalue weighted by Gasteiger charge is -2.27. The van der Waals surface area contributed by atoms with Crippen LogP contribution in [0.1, 0.15) is 30.0 Å². The quantitative estimate of drug-likeness (QED) is 0.896. The molecule has 1 saturated heterocycles. The molecule has 1 aromatic carbocycles. The summed E-state index contributed by atoms with van der Waals surface area (Å²) >= 11 is 1.86. The van der Waals surface area contributed by atoms with Crippen molar-refractivity contribution in [1.29, 1.82) is 0 Å². The first-order valence-corrected chi connectivity index (χ1v) is 7.78. The van der Waals surface area contributed by atoms with Crippen molar-refractivity contribution in [2.75, 3.05) is 18.1 Å². The maximum atomic E-state index is 12.5. The molecule has 0 saturated carbocycles. The molecular formula is C14H18F3NOS. The average molecular weight is 305 g/mol. The molecule has 0 amide bonds. The van der Waals surface area contributed by atoms with Crippen molar-refractivity contribution in [3.63, 3.8) is 0 Å². The van der Waals surface area contributed by atoms with Crippen molar-refractivity contribution in [2.45, 2.75) is 31.1 Å². The SMILES string of the molecule is OC[C@H](N[C@H]1CCCSC1)c1ccc(C(F)(F)F)cc1. The van der Waals surface area contributed by atoms with Crippen molar-refractivity contribution in [3.8, 4) is 0 Å². The fraction of sp³-hybridized carbons (Fsp3) is 0.571. The van der Waals surface area contributed by atoms with E-state index < -0.39 is 11.7 Å². The zero-order chi connectivity index (χ0) is 14.6. The zero-order valence-corrected chi connectivity index (χ0v) is 11.8. The number of alkyl halides is 3. The van der Waals surface area contributed by atoms with Gasteiger partial charge in [0.05, 0.1) is 18.2 Å². The first-order valence-electron chi connectivity index (χ1n) is 6.62. The molecule has 2 atom stereocenters. The Bertz CT molecular complexity index is 415. The number of rotatable bonds is 4. The van der Waals surface area contributed by atoms with Gasteiger partial charge in [-0.05, 0) is 36.3 Å². The summed E-state index contributed by atoms with van der Waals surface area (Å²) in [5.74, 6) is 2.14. The number of benzene rings is 1. The third-order valence-electron chi connectivity index (χ3n) is 3.42. The third kappa shape index (κ3) is 4.14. The average Bonchev–Trinajstić information content (AvgIpc) is 2.45. The van der Waals surface area contributed by atoms with E-state index in [0.29, 0.717) is 11.6 Å². The molecule has 6 heteroatoms. The molecular weight excluding hydrogens is 287 g/mol. The Morgan fingerprint density at radius 2 is 2.00 bits per heavy atom. The summed E-state index contributed by atoms with van der Waals surface area (Å²) in [5, 5.41) is 12.8. The van der Waals surface area contributed by atoms with Crippen molar-refractivity contribution in [1.82, 2.24) is 5.32 Å². The number of hydrogen-bond acceptors (Lipinski definition) is 3. The molecule has 0 aromatic heterocycles. The standard InChI is InChI=1S/C14H18F3NOS/c15-14(16,17)11-5-3-10(4-6-11)13(8-19)18-12-2-1-7-20-9-12/h3-6,12-13,18-19H,1-2,7-9H2/t12-,13-/m0/s1. The molecule has 112 valence electrons. The van der Waals surface area contributed by atoms with Crippen molar-refractivity contribution < 1.29 is 18.3 Å². The van der Waals surface area contributed by atoms with Crippen LogP contribution in [0.5, 0.6) is 0 Å². The number of thioether (sulfide) groups is 1. The zero-order valence-electron chi connectivity index (χ0n) is 11.0. The van der Waals surface area contributed by atoms with Crippen LogP contribution in [0.4, 0.5) is 13.2 Å². The van der Waals surface area contributed by atoms with Crippen molar-refractivity contribution in [2.24, 2.45) is 0 Å². The van der Waals surface area contributed by atoms with E-state index in [1.165, 1.54) is 12.1 Å². The van der Waals surface area contributed by atoms with Gasteiger partial charge < -0.3 is 10.4 Å². The summed E-state index contributed by atoms with van der Waals surface area (Å²) in [6.45, 7) is -0.119. The summed E-state index contributed by atoms with van der Waals surface area (Å²) in [6.07, 6.45) is -2.14. The van der Waals surface area contributed by atoms with E-state index in [9.17, 15) is 18.3 Å². The van der Waals surface area contributed by atoms with Gasteiger partial charge in [0.2, 0.25) is 0 Å². The van der Waals surface area contributed by atoms with Gasteiger partial charge in [0.25, 0.3) is 0 Å². The Labute approximate surface area is 120 Å². The number of hydrogen-bond donors (Lipinski definition) is 2. The fourth-order valence-electron chi connectivity index (χ4n) is 2.32. The lowest BCUT2D eigenvalue weighted by Crippen LogP contribution is -2.38. The molecule has 0 spiro atoms. The van der Waals surface area contributed by atoms with Gasteiger partial charge in [-0.3, -0.25) is 0 Å². The molecule has 1 aliphatic heterocycles. The van der Waals surface area contributed by atoms with Crippen LogP contribution in [0.2, 0.25) is 0 Å². The molecule has 1 fully saturated rings. The molecule has 0 aliphatic carbocycles. The van der Waals surface area contributed by atoms with Gasteiger partial charge in [-0.1, -0.05) is 12.1 Å². The van der Waals surface area contributed by atoms with E-state index in [-0.39, 0.29) is 12.6 Å². The lowest BCUT2D eigenvalue weighted by molar-refractivity contribution is -0.137. The summed E-state index contributed by atoms with van der Waals surface area (Å²) in [5.41, 5.74) is 0.0298. The van der Waals surface area contributed by atoms with Crippen LogP contribution in [0.15, 0.2) is 24.3 Å². The Kier molecular flexibility index (Phi) is 5.35. The second kappa shape index (κ2) is 6.83. The minimum Gasteiger partial charge on any atom is -0.394 e. The first kappa shape index (κ1) is 15.7. The predicted octanol–water partition coefficient (Wildman–Crippen LogP) is 3.22. The van der Waals surface area contributed by atoms with E-state index >= 15 is 0 Å². The smallest absolute Gasteiger partial charge is 0.394 e. The van der Waals surface area contributed by atoms with Crippen LogP contribution >= 0.6 is 11.8 Å². The highest BCUT2D eigenvalue weighted by Gasteiger charge is 2.30. The van der Waals surface area contributed by atoms with Gasteiger partial charge >= 0.3 is 6.18 Å². The lowest BCUT2D eigenvalue weighted by atomic mass is 10.0. The van der Waals surface area contributed by atoms with Gasteiger partial charge in [-0.25, -0.2) is 0 Å². The molecule has 1 heterocycles. The highest BCUT2D eigenvalue weighted by Crippen LogP contribution is 2.30. The summed E-state index contributed by atoms with van der Waals surface area (Å²) in [6, 6.07) is 5.01. The third-order valence-corrected chi connectivity index (χ3v) is 4.64. The number of nitrogens with one attached hydrogen (secondary N) is 1. The number of aliphatic hydroxyl groups is 1. The molecule has 20 heavy (non-hydrogen) atoms. The van der Waals surface area contributed by atoms with Crippen molar-refractivity contribution in [3.05, 3.63) is 35.4 Å². The normalized spacial score (nSPS) is 21.7. The highest BCUT2D eigenvalue weighted by atomic mass is 32.2. The molecule has 0 radical (unpaired) electrons. The summed E-state index contributed by atoms with van der Waals surface area (Å²) < 4.78 is 37.5. The summed E-state index contributed by atoms with van der Waals surface area (Å²) in [7, 11) is 0. The van der Waals surface area contributed by atoms with E-state index in [4.69, 9.17) is 0 Å². The van der Waals surface area contributed by atoms with Crippen LogP contribution in [-0.4, -0.2) is 29.3 Å². The topological polar surface area (TPSA) is 32.3 Å². The van der Waals surface area contributed by atoms with E-state index in [0.717, 1.165) is 36.5 Å². The molecule has 1 aromatic rings. The Hall–Kier alpha value is -0.720.